The maximum absolute atomic E-state index is 5.45. The van der Waals surface area contributed by atoms with Gasteiger partial charge in [0.15, 0.2) is 5.75 Å². The molecule has 1 aromatic heterocycles. The molecule has 0 spiro atoms. The summed E-state index contributed by atoms with van der Waals surface area (Å²) in [6.45, 7) is 3.28. The Morgan fingerprint density at radius 1 is 1.16 bits per heavy atom. The van der Waals surface area contributed by atoms with Crippen molar-refractivity contribution in [3.8, 4) is 11.5 Å². The van der Waals surface area contributed by atoms with Crippen LogP contribution in [0.4, 0.5) is 5.95 Å². The fourth-order valence-corrected chi connectivity index (χ4v) is 1.61. The molecule has 0 fully saturated rings. The minimum atomic E-state index is 0.572. The van der Waals surface area contributed by atoms with Gasteiger partial charge in [-0.05, 0) is 24.6 Å². The summed E-state index contributed by atoms with van der Waals surface area (Å²) < 4.78 is 10.5. The van der Waals surface area contributed by atoms with Crippen molar-refractivity contribution in [1.82, 2.24) is 9.97 Å². The zero-order valence-corrected chi connectivity index (χ0v) is 11.1. The predicted molar refractivity (Wildman–Crippen MR) is 73.5 cm³/mol. The molecule has 0 bridgehead atoms. The van der Waals surface area contributed by atoms with E-state index in [0.29, 0.717) is 24.8 Å². The average Bonchev–Trinajstić information content (AvgIpc) is 2.46. The molecule has 2 rings (SSSR count). The molecule has 0 radical (unpaired) electrons. The van der Waals surface area contributed by atoms with Gasteiger partial charge in [-0.2, -0.15) is 0 Å². The van der Waals surface area contributed by atoms with Gasteiger partial charge in [0.05, 0.1) is 26.1 Å². The van der Waals surface area contributed by atoms with Crippen LogP contribution in [0.25, 0.3) is 0 Å². The molecule has 1 heterocycles. The maximum atomic E-state index is 5.45. The van der Waals surface area contributed by atoms with E-state index in [-0.39, 0.29) is 0 Å². The van der Waals surface area contributed by atoms with Gasteiger partial charge in [-0.3, -0.25) is 0 Å². The first-order chi connectivity index (χ1) is 9.31. The number of aromatic nitrogens is 2. The van der Waals surface area contributed by atoms with Gasteiger partial charge in [0.1, 0.15) is 5.75 Å². The second-order valence-corrected chi connectivity index (χ2v) is 3.88. The normalized spacial score (nSPS) is 10.0. The first-order valence-corrected chi connectivity index (χ1v) is 6.13. The number of anilines is 1. The van der Waals surface area contributed by atoms with E-state index < -0.39 is 0 Å². The molecule has 0 saturated heterocycles. The molecule has 0 amide bonds. The summed E-state index contributed by atoms with van der Waals surface area (Å²) in [5.74, 6) is 2.09. The summed E-state index contributed by atoms with van der Waals surface area (Å²) in [7, 11) is 1.59. The lowest BCUT2D eigenvalue weighted by atomic mass is 10.2. The highest BCUT2D eigenvalue weighted by Crippen LogP contribution is 2.14. The molecule has 19 heavy (non-hydrogen) atoms. The maximum Gasteiger partial charge on any atom is 0.223 e. The summed E-state index contributed by atoms with van der Waals surface area (Å²) in [6.07, 6.45) is 3.26. The summed E-state index contributed by atoms with van der Waals surface area (Å²) in [5, 5.41) is 3.15. The van der Waals surface area contributed by atoms with Crippen LogP contribution in [0.15, 0.2) is 36.7 Å². The van der Waals surface area contributed by atoms with Gasteiger partial charge in [-0.25, -0.2) is 9.97 Å². The minimum absolute atomic E-state index is 0.572. The van der Waals surface area contributed by atoms with Crippen molar-refractivity contribution in [2.24, 2.45) is 0 Å². The van der Waals surface area contributed by atoms with E-state index in [0.717, 1.165) is 11.3 Å². The van der Waals surface area contributed by atoms with Crippen molar-refractivity contribution in [3.63, 3.8) is 0 Å². The van der Waals surface area contributed by atoms with Crippen LogP contribution in [0.3, 0.4) is 0 Å². The van der Waals surface area contributed by atoms with E-state index in [9.17, 15) is 0 Å². The van der Waals surface area contributed by atoms with Crippen molar-refractivity contribution in [2.75, 3.05) is 19.0 Å². The summed E-state index contributed by atoms with van der Waals surface area (Å²) in [5.41, 5.74) is 1.12. The topological polar surface area (TPSA) is 56.3 Å². The van der Waals surface area contributed by atoms with E-state index in [2.05, 4.69) is 15.3 Å². The zero-order valence-electron chi connectivity index (χ0n) is 11.1. The molecule has 0 unspecified atom stereocenters. The van der Waals surface area contributed by atoms with Crippen LogP contribution in [0.5, 0.6) is 11.5 Å². The Kier molecular flexibility index (Phi) is 4.55. The van der Waals surface area contributed by atoms with Gasteiger partial charge in [0.2, 0.25) is 5.95 Å². The molecule has 5 heteroatoms. The second-order valence-electron chi connectivity index (χ2n) is 3.88. The number of hydrogen-bond acceptors (Lipinski definition) is 5. The van der Waals surface area contributed by atoms with Gasteiger partial charge in [0, 0.05) is 6.54 Å². The SMILES string of the molecule is CCOc1cccc(CNc2ncc(OC)cn2)c1. The molecule has 100 valence electrons. The van der Waals surface area contributed by atoms with Crippen LogP contribution in [0.2, 0.25) is 0 Å². The molecule has 0 aliphatic rings. The summed E-state index contributed by atoms with van der Waals surface area (Å²) >= 11 is 0. The van der Waals surface area contributed by atoms with E-state index in [1.807, 2.05) is 31.2 Å². The third-order valence-corrected chi connectivity index (χ3v) is 2.52. The Balaban J connectivity index is 1.95. The number of nitrogens with zero attached hydrogens (tertiary/aromatic N) is 2. The fraction of sp³-hybridized carbons (Fsp3) is 0.286. The zero-order chi connectivity index (χ0) is 13.5. The Hall–Kier alpha value is -2.30. The lowest BCUT2D eigenvalue weighted by Crippen LogP contribution is -2.03. The van der Waals surface area contributed by atoms with Crippen LogP contribution in [0, 0.1) is 0 Å². The van der Waals surface area contributed by atoms with E-state index in [1.165, 1.54) is 0 Å². The Labute approximate surface area is 112 Å². The van der Waals surface area contributed by atoms with Gasteiger partial charge in [0.25, 0.3) is 0 Å². The van der Waals surface area contributed by atoms with Gasteiger partial charge in [-0.15, -0.1) is 0 Å². The van der Waals surface area contributed by atoms with Crippen molar-refractivity contribution >= 4 is 5.95 Å². The van der Waals surface area contributed by atoms with Crippen LogP contribution in [-0.4, -0.2) is 23.7 Å². The Morgan fingerprint density at radius 3 is 2.63 bits per heavy atom. The smallest absolute Gasteiger partial charge is 0.223 e. The van der Waals surface area contributed by atoms with Crippen molar-refractivity contribution in [1.29, 1.82) is 0 Å². The number of benzene rings is 1. The molecule has 5 nitrogen and oxygen atoms in total. The van der Waals surface area contributed by atoms with Gasteiger partial charge in [-0.1, -0.05) is 12.1 Å². The minimum Gasteiger partial charge on any atom is -0.494 e. The molecule has 1 N–H and O–H groups in total. The molecule has 0 atom stereocenters. The van der Waals surface area contributed by atoms with E-state index >= 15 is 0 Å². The third kappa shape index (κ3) is 3.84. The lowest BCUT2D eigenvalue weighted by molar-refractivity contribution is 0.340. The number of methoxy groups -OCH3 is 1. The summed E-state index contributed by atoms with van der Waals surface area (Å²) in [6, 6.07) is 7.94. The highest BCUT2D eigenvalue weighted by Gasteiger charge is 1.99. The molecule has 0 aliphatic heterocycles. The number of hydrogen-bond donors (Lipinski definition) is 1. The highest BCUT2D eigenvalue weighted by molar-refractivity contribution is 5.33. The first-order valence-electron chi connectivity index (χ1n) is 6.13. The second kappa shape index (κ2) is 6.58. The Morgan fingerprint density at radius 2 is 1.95 bits per heavy atom. The predicted octanol–water partition coefficient (Wildman–Crippen LogP) is 2.50. The average molecular weight is 259 g/mol. The summed E-state index contributed by atoms with van der Waals surface area (Å²) in [4.78, 5) is 8.29. The first kappa shape index (κ1) is 13.1. The number of rotatable bonds is 6. The van der Waals surface area contributed by atoms with Crippen molar-refractivity contribution in [2.45, 2.75) is 13.5 Å². The molecular formula is C14H17N3O2. The van der Waals surface area contributed by atoms with E-state index in [4.69, 9.17) is 9.47 Å². The largest absolute Gasteiger partial charge is 0.494 e. The number of nitrogens with one attached hydrogen (secondary N) is 1. The molecule has 0 aliphatic carbocycles. The number of ether oxygens (including phenoxy) is 2. The lowest BCUT2D eigenvalue weighted by Gasteiger charge is -2.07. The molecule has 2 aromatic rings. The molecular weight excluding hydrogens is 242 g/mol. The van der Waals surface area contributed by atoms with Gasteiger partial charge >= 0.3 is 0 Å². The molecule has 1 aromatic carbocycles. The van der Waals surface area contributed by atoms with Crippen LogP contribution >= 0.6 is 0 Å². The van der Waals surface area contributed by atoms with Crippen LogP contribution in [-0.2, 0) is 6.54 Å². The monoisotopic (exact) mass is 259 g/mol. The van der Waals surface area contributed by atoms with Crippen molar-refractivity contribution < 1.29 is 9.47 Å². The standard InChI is InChI=1S/C14H17N3O2/c1-3-19-12-6-4-5-11(7-12)8-15-14-16-9-13(18-2)10-17-14/h4-7,9-10H,3,8H2,1-2H3,(H,15,16,17). The van der Waals surface area contributed by atoms with Crippen LogP contribution < -0.4 is 14.8 Å². The van der Waals surface area contributed by atoms with E-state index in [1.54, 1.807) is 19.5 Å². The fourth-order valence-electron chi connectivity index (χ4n) is 1.61. The third-order valence-electron chi connectivity index (χ3n) is 2.52. The van der Waals surface area contributed by atoms with Crippen molar-refractivity contribution in [3.05, 3.63) is 42.2 Å². The quantitative estimate of drug-likeness (QED) is 0.863. The highest BCUT2D eigenvalue weighted by atomic mass is 16.5. The Bertz CT molecular complexity index is 514. The molecule has 0 saturated carbocycles. The van der Waals surface area contributed by atoms with Gasteiger partial charge < -0.3 is 14.8 Å². The van der Waals surface area contributed by atoms with Crippen LogP contribution in [0.1, 0.15) is 12.5 Å².